The minimum atomic E-state index is -0.402. The summed E-state index contributed by atoms with van der Waals surface area (Å²) in [5.41, 5.74) is 2.82. The number of nitrogens with one attached hydrogen (secondary N) is 2. The smallest absolute Gasteiger partial charge is 0.287 e. The van der Waals surface area contributed by atoms with Crippen molar-refractivity contribution in [3.63, 3.8) is 0 Å². The van der Waals surface area contributed by atoms with Crippen molar-refractivity contribution in [2.75, 3.05) is 11.9 Å². The maximum absolute atomic E-state index is 12.4. The van der Waals surface area contributed by atoms with Gasteiger partial charge in [0, 0.05) is 41.5 Å². The number of furan rings is 1. The van der Waals surface area contributed by atoms with Crippen LogP contribution in [-0.4, -0.2) is 24.1 Å². The highest BCUT2D eigenvalue weighted by Crippen LogP contribution is 2.29. The first-order valence-electron chi connectivity index (χ1n) is 8.86. The summed E-state index contributed by atoms with van der Waals surface area (Å²) in [6.07, 6.45) is 2.04. The highest BCUT2D eigenvalue weighted by molar-refractivity contribution is 9.10. The van der Waals surface area contributed by atoms with Gasteiger partial charge in [0.2, 0.25) is 5.91 Å². The van der Waals surface area contributed by atoms with Crippen LogP contribution in [0.2, 0.25) is 0 Å². The van der Waals surface area contributed by atoms with Gasteiger partial charge in [0.1, 0.15) is 5.76 Å². The van der Waals surface area contributed by atoms with Crippen molar-refractivity contribution in [3.8, 4) is 0 Å². The van der Waals surface area contributed by atoms with Crippen LogP contribution in [0.15, 0.2) is 27.1 Å². The van der Waals surface area contributed by atoms with Gasteiger partial charge in [-0.3, -0.25) is 14.4 Å². The Morgan fingerprint density at radius 2 is 2.00 bits per heavy atom. The van der Waals surface area contributed by atoms with E-state index in [-0.39, 0.29) is 30.4 Å². The van der Waals surface area contributed by atoms with Gasteiger partial charge in [0.15, 0.2) is 11.5 Å². The second-order valence-electron chi connectivity index (χ2n) is 6.64. The molecule has 0 radical (unpaired) electrons. The van der Waals surface area contributed by atoms with Crippen molar-refractivity contribution in [1.82, 2.24) is 5.32 Å². The maximum Gasteiger partial charge on any atom is 0.287 e. The zero-order chi connectivity index (χ0) is 19.6. The van der Waals surface area contributed by atoms with Gasteiger partial charge in [-0.2, -0.15) is 0 Å². The second kappa shape index (κ2) is 8.08. The summed E-state index contributed by atoms with van der Waals surface area (Å²) in [6.45, 7) is 3.81. The van der Waals surface area contributed by atoms with Crippen LogP contribution in [0.25, 0.3) is 0 Å². The van der Waals surface area contributed by atoms with Gasteiger partial charge >= 0.3 is 0 Å². The summed E-state index contributed by atoms with van der Waals surface area (Å²) in [7, 11) is 0. The van der Waals surface area contributed by atoms with E-state index in [1.165, 1.54) is 0 Å². The first kappa shape index (κ1) is 19.4. The molecule has 2 aromatic rings. The van der Waals surface area contributed by atoms with Crippen LogP contribution in [0.4, 0.5) is 5.69 Å². The molecule has 0 unspecified atom stereocenters. The molecule has 0 fully saturated rings. The molecule has 1 heterocycles. The third kappa shape index (κ3) is 4.30. The molecule has 1 aliphatic rings. The fraction of sp³-hybridized carbons (Fsp3) is 0.350. The van der Waals surface area contributed by atoms with Gasteiger partial charge in [-0.25, -0.2) is 0 Å². The van der Waals surface area contributed by atoms with Gasteiger partial charge in [-0.15, -0.1) is 0 Å². The molecule has 0 atom stereocenters. The highest BCUT2D eigenvalue weighted by atomic mass is 79.9. The van der Waals surface area contributed by atoms with Gasteiger partial charge in [-0.05, 0) is 38.0 Å². The van der Waals surface area contributed by atoms with Crippen molar-refractivity contribution in [1.29, 1.82) is 0 Å². The van der Waals surface area contributed by atoms with Gasteiger partial charge in [-0.1, -0.05) is 22.0 Å². The average Bonchev–Trinajstić information content (AvgIpc) is 2.96. The predicted octanol–water partition coefficient (Wildman–Crippen LogP) is 3.94. The van der Waals surface area contributed by atoms with Crippen LogP contribution < -0.4 is 10.6 Å². The van der Waals surface area contributed by atoms with Crippen molar-refractivity contribution in [3.05, 3.63) is 50.9 Å². The standard InChI is InChI=1S/C20H21BrN2O4/c1-11-6-7-13(21)10-14(11)23-17(25)8-9-22-20(26)19-12(2)18-15(24)4-3-5-16(18)27-19/h6-7,10H,3-5,8-9H2,1-2H3,(H,22,26)(H,23,25). The molecule has 27 heavy (non-hydrogen) atoms. The summed E-state index contributed by atoms with van der Waals surface area (Å²) in [5, 5.41) is 5.53. The zero-order valence-electron chi connectivity index (χ0n) is 15.3. The minimum Gasteiger partial charge on any atom is -0.455 e. The number of Topliss-reactive ketones (excluding diaryl/α,β-unsaturated/α-hetero) is 1. The summed E-state index contributed by atoms with van der Waals surface area (Å²) >= 11 is 3.38. The summed E-state index contributed by atoms with van der Waals surface area (Å²) in [6, 6.07) is 5.64. The topological polar surface area (TPSA) is 88.4 Å². The minimum absolute atomic E-state index is 0.0281. The van der Waals surface area contributed by atoms with E-state index in [4.69, 9.17) is 4.42 Å². The number of ketones is 1. The molecule has 0 saturated heterocycles. The van der Waals surface area contributed by atoms with Crippen molar-refractivity contribution < 1.29 is 18.8 Å². The molecule has 6 nitrogen and oxygen atoms in total. The molecule has 1 aromatic heterocycles. The van der Waals surface area contributed by atoms with E-state index < -0.39 is 5.91 Å². The molecule has 1 aliphatic carbocycles. The number of benzene rings is 1. The molecule has 0 aliphatic heterocycles. The molecule has 0 bridgehead atoms. The number of amides is 2. The lowest BCUT2D eigenvalue weighted by Crippen LogP contribution is -2.28. The monoisotopic (exact) mass is 432 g/mol. The summed E-state index contributed by atoms with van der Waals surface area (Å²) < 4.78 is 6.49. The summed E-state index contributed by atoms with van der Waals surface area (Å²) in [5.74, 6) is 0.193. The number of carbonyl (C=O) groups is 3. The number of fused-ring (bicyclic) bond motifs is 1. The number of hydrogen-bond donors (Lipinski definition) is 2. The Balaban J connectivity index is 1.56. The number of carbonyl (C=O) groups excluding carboxylic acids is 3. The van der Waals surface area contributed by atoms with Gasteiger partial charge < -0.3 is 15.1 Å². The van der Waals surface area contributed by atoms with E-state index in [0.717, 1.165) is 22.1 Å². The van der Waals surface area contributed by atoms with Crippen LogP contribution >= 0.6 is 15.9 Å². The van der Waals surface area contributed by atoms with Crippen LogP contribution in [0.3, 0.4) is 0 Å². The van der Waals surface area contributed by atoms with Crippen molar-refractivity contribution in [2.24, 2.45) is 0 Å². The van der Waals surface area contributed by atoms with Gasteiger partial charge in [0.05, 0.1) is 5.56 Å². The third-order valence-corrected chi connectivity index (χ3v) is 5.12. The number of halogens is 1. The second-order valence-corrected chi connectivity index (χ2v) is 7.56. The molecule has 3 rings (SSSR count). The molecule has 0 saturated carbocycles. The first-order valence-corrected chi connectivity index (χ1v) is 9.65. The normalized spacial score (nSPS) is 13.2. The van der Waals surface area contributed by atoms with E-state index in [0.29, 0.717) is 29.7 Å². The Bertz CT molecular complexity index is 917. The molecule has 0 spiro atoms. The highest BCUT2D eigenvalue weighted by Gasteiger charge is 2.28. The predicted molar refractivity (Wildman–Crippen MR) is 105 cm³/mol. The Morgan fingerprint density at radius 1 is 1.22 bits per heavy atom. The SMILES string of the molecule is Cc1ccc(Br)cc1NC(=O)CCNC(=O)c1oc2c(c1C)C(=O)CCC2. The average molecular weight is 433 g/mol. The van der Waals surface area contributed by atoms with Crippen molar-refractivity contribution >= 4 is 39.2 Å². The molecule has 7 heteroatoms. The van der Waals surface area contributed by atoms with E-state index in [1.54, 1.807) is 6.92 Å². The Morgan fingerprint density at radius 3 is 2.74 bits per heavy atom. The number of hydrogen-bond acceptors (Lipinski definition) is 4. The molecular formula is C20H21BrN2O4. The number of aryl methyl sites for hydroxylation is 2. The van der Waals surface area contributed by atoms with Crippen LogP contribution in [0.5, 0.6) is 0 Å². The van der Waals surface area contributed by atoms with Crippen molar-refractivity contribution in [2.45, 2.75) is 39.5 Å². The van der Waals surface area contributed by atoms with Crippen LogP contribution in [-0.2, 0) is 11.2 Å². The molecule has 1 aromatic carbocycles. The Hall–Kier alpha value is -2.41. The zero-order valence-corrected chi connectivity index (χ0v) is 16.9. The number of rotatable bonds is 5. The lowest BCUT2D eigenvalue weighted by atomic mass is 9.94. The third-order valence-electron chi connectivity index (χ3n) is 4.62. The molecule has 142 valence electrons. The maximum atomic E-state index is 12.4. The van der Waals surface area contributed by atoms with E-state index in [1.807, 2.05) is 25.1 Å². The van der Waals surface area contributed by atoms with Crippen LogP contribution in [0.1, 0.15) is 57.1 Å². The molecule has 2 N–H and O–H groups in total. The summed E-state index contributed by atoms with van der Waals surface area (Å²) in [4.78, 5) is 36.5. The largest absolute Gasteiger partial charge is 0.455 e. The Labute approximate surface area is 165 Å². The van der Waals surface area contributed by atoms with E-state index in [9.17, 15) is 14.4 Å². The fourth-order valence-electron chi connectivity index (χ4n) is 3.18. The molecular weight excluding hydrogens is 412 g/mol. The Kier molecular flexibility index (Phi) is 5.79. The van der Waals surface area contributed by atoms with Crippen LogP contribution in [0, 0.1) is 13.8 Å². The molecule has 2 amide bonds. The fourth-order valence-corrected chi connectivity index (χ4v) is 3.54. The van der Waals surface area contributed by atoms with E-state index in [2.05, 4.69) is 26.6 Å². The first-order chi connectivity index (χ1) is 12.9. The van der Waals surface area contributed by atoms with E-state index >= 15 is 0 Å². The number of anilines is 1. The van der Waals surface area contributed by atoms with Gasteiger partial charge in [0.25, 0.3) is 5.91 Å². The lowest BCUT2D eigenvalue weighted by Gasteiger charge is -2.09. The quantitative estimate of drug-likeness (QED) is 0.748. The lowest BCUT2D eigenvalue weighted by molar-refractivity contribution is -0.116.